The molecule has 0 unspecified atom stereocenters. The predicted molar refractivity (Wildman–Crippen MR) is 93.5 cm³/mol. The van der Waals surface area contributed by atoms with Crippen LogP contribution in [0, 0.1) is 0 Å². The van der Waals surface area contributed by atoms with Gasteiger partial charge < -0.3 is 10.1 Å². The number of rotatable bonds is 5. The maximum atomic E-state index is 12.2. The van der Waals surface area contributed by atoms with Crippen LogP contribution in [0.2, 0.25) is 0 Å². The highest BCUT2D eigenvalue weighted by Gasteiger charge is 2.19. The molecule has 8 nitrogen and oxygen atoms in total. The van der Waals surface area contributed by atoms with Crippen molar-refractivity contribution in [1.29, 1.82) is 0 Å². The van der Waals surface area contributed by atoms with Gasteiger partial charge in [0.05, 0.1) is 24.9 Å². The van der Waals surface area contributed by atoms with Gasteiger partial charge in [-0.05, 0) is 33.7 Å². The summed E-state index contributed by atoms with van der Waals surface area (Å²) in [5.74, 6) is 0.500. The standard InChI is InChI=1S/C16H26N6O2/c1-16(2,3)22-13-12(11-18-22)14(23)20-15(19-13)17-5-4-6-21-7-9-24-10-8-21/h11H,4-10H2,1-3H3,(H2,17,19,20,23). The van der Waals surface area contributed by atoms with Crippen molar-refractivity contribution >= 4 is 17.0 Å². The number of ether oxygens (including phenoxy) is 1. The largest absolute Gasteiger partial charge is 0.379 e. The molecular formula is C16H26N6O2. The lowest BCUT2D eigenvalue weighted by atomic mass is 10.1. The predicted octanol–water partition coefficient (Wildman–Crippen LogP) is 1.01. The number of hydrogen-bond acceptors (Lipinski definition) is 6. The number of aromatic nitrogens is 4. The SMILES string of the molecule is CC(C)(C)n1ncc2c(=O)[nH]c(NCCCN3CCOCC3)nc21. The number of aromatic amines is 1. The lowest BCUT2D eigenvalue weighted by molar-refractivity contribution is 0.0378. The second-order valence-electron chi connectivity index (χ2n) is 7.11. The molecule has 0 saturated carbocycles. The van der Waals surface area contributed by atoms with Crippen molar-refractivity contribution < 1.29 is 4.74 Å². The molecule has 2 N–H and O–H groups in total. The van der Waals surface area contributed by atoms with Crippen molar-refractivity contribution in [3.05, 3.63) is 16.6 Å². The van der Waals surface area contributed by atoms with Crippen molar-refractivity contribution in [3.63, 3.8) is 0 Å². The zero-order chi connectivity index (χ0) is 17.2. The highest BCUT2D eigenvalue weighted by molar-refractivity contribution is 5.74. The van der Waals surface area contributed by atoms with E-state index in [-0.39, 0.29) is 11.1 Å². The third-order valence-corrected chi connectivity index (χ3v) is 4.12. The number of hydrogen-bond donors (Lipinski definition) is 2. The molecule has 0 bridgehead atoms. The molecule has 1 saturated heterocycles. The Balaban J connectivity index is 1.65. The summed E-state index contributed by atoms with van der Waals surface area (Å²) in [5, 5.41) is 8.05. The summed E-state index contributed by atoms with van der Waals surface area (Å²) in [6.45, 7) is 11.5. The minimum atomic E-state index is -0.226. The molecule has 3 heterocycles. The van der Waals surface area contributed by atoms with Gasteiger partial charge in [-0.1, -0.05) is 0 Å². The van der Waals surface area contributed by atoms with E-state index in [1.807, 2.05) is 20.8 Å². The molecule has 3 rings (SSSR count). The second-order valence-corrected chi connectivity index (χ2v) is 7.11. The fourth-order valence-electron chi connectivity index (χ4n) is 2.83. The second kappa shape index (κ2) is 6.90. The van der Waals surface area contributed by atoms with Crippen LogP contribution in [0.4, 0.5) is 5.95 Å². The van der Waals surface area contributed by atoms with Crippen molar-refractivity contribution in [3.8, 4) is 0 Å². The zero-order valence-corrected chi connectivity index (χ0v) is 14.6. The average Bonchev–Trinajstić information content (AvgIpc) is 2.97. The van der Waals surface area contributed by atoms with Gasteiger partial charge in [0.1, 0.15) is 5.39 Å². The molecule has 0 amide bonds. The van der Waals surface area contributed by atoms with Crippen LogP contribution in [-0.4, -0.2) is 64.0 Å². The summed E-state index contributed by atoms with van der Waals surface area (Å²) in [6, 6.07) is 0. The Morgan fingerprint density at radius 2 is 2.08 bits per heavy atom. The monoisotopic (exact) mass is 334 g/mol. The molecule has 0 aromatic carbocycles. The van der Waals surface area contributed by atoms with E-state index in [1.165, 1.54) is 0 Å². The van der Waals surface area contributed by atoms with E-state index in [4.69, 9.17) is 4.74 Å². The number of morpholine rings is 1. The van der Waals surface area contributed by atoms with E-state index in [2.05, 4.69) is 25.3 Å². The maximum Gasteiger partial charge on any atom is 0.263 e. The van der Waals surface area contributed by atoms with Gasteiger partial charge in [-0.2, -0.15) is 10.1 Å². The Morgan fingerprint density at radius 3 is 2.79 bits per heavy atom. The van der Waals surface area contributed by atoms with Crippen LogP contribution in [0.25, 0.3) is 11.0 Å². The maximum absolute atomic E-state index is 12.2. The van der Waals surface area contributed by atoms with Crippen molar-refractivity contribution in [2.75, 3.05) is 44.7 Å². The van der Waals surface area contributed by atoms with Crippen LogP contribution in [0.15, 0.2) is 11.0 Å². The summed E-state index contributed by atoms with van der Waals surface area (Å²) in [5.41, 5.74) is 0.226. The van der Waals surface area contributed by atoms with Gasteiger partial charge in [0.2, 0.25) is 5.95 Å². The van der Waals surface area contributed by atoms with Gasteiger partial charge >= 0.3 is 0 Å². The first kappa shape index (κ1) is 16.9. The van der Waals surface area contributed by atoms with Crippen molar-refractivity contribution in [2.24, 2.45) is 0 Å². The Labute approximate surface area is 141 Å². The third-order valence-electron chi connectivity index (χ3n) is 4.12. The van der Waals surface area contributed by atoms with Gasteiger partial charge in [0, 0.05) is 19.6 Å². The molecule has 2 aromatic heterocycles. The molecule has 1 fully saturated rings. The Kier molecular flexibility index (Phi) is 4.86. The third kappa shape index (κ3) is 3.76. The molecule has 132 valence electrons. The number of fused-ring (bicyclic) bond motifs is 1. The van der Waals surface area contributed by atoms with Crippen molar-refractivity contribution in [2.45, 2.75) is 32.7 Å². The molecule has 8 heteroatoms. The highest BCUT2D eigenvalue weighted by Crippen LogP contribution is 2.18. The van der Waals surface area contributed by atoms with E-state index in [9.17, 15) is 4.79 Å². The van der Waals surface area contributed by atoms with Crippen LogP contribution >= 0.6 is 0 Å². The molecule has 0 aliphatic carbocycles. The van der Waals surface area contributed by atoms with Gasteiger partial charge in [0.25, 0.3) is 5.56 Å². The minimum Gasteiger partial charge on any atom is -0.379 e. The van der Waals surface area contributed by atoms with Gasteiger partial charge in [-0.15, -0.1) is 0 Å². The molecule has 0 radical (unpaired) electrons. The first-order valence-electron chi connectivity index (χ1n) is 8.48. The summed E-state index contributed by atoms with van der Waals surface area (Å²) < 4.78 is 7.13. The van der Waals surface area contributed by atoms with Crippen LogP contribution in [0.1, 0.15) is 27.2 Å². The topological polar surface area (TPSA) is 88.1 Å². The lowest BCUT2D eigenvalue weighted by Gasteiger charge is -2.26. The number of nitrogens with one attached hydrogen (secondary N) is 2. The van der Waals surface area contributed by atoms with Gasteiger partial charge in [0.15, 0.2) is 5.65 Å². The Morgan fingerprint density at radius 1 is 1.33 bits per heavy atom. The summed E-state index contributed by atoms with van der Waals surface area (Å²) in [7, 11) is 0. The fraction of sp³-hybridized carbons (Fsp3) is 0.688. The van der Waals surface area contributed by atoms with E-state index in [0.29, 0.717) is 17.0 Å². The van der Waals surface area contributed by atoms with Crippen LogP contribution in [-0.2, 0) is 10.3 Å². The van der Waals surface area contributed by atoms with Gasteiger partial charge in [-0.3, -0.25) is 14.7 Å². The van der Waals surface area contributed by atoms with Crippen LogP contribution in [0.5, 0.6) is 0 Å². The lowest BCUT2D eigenvalue weighted by Crippen LogP contribution is -2.37. The number of anilines is 1. The Bertz CT molecular complexity index is 739. The molecule has 1 aliphatic rings. The van der Waals surface area contributed by atoms with E-state index < -0.39 is 0 Å². The highest BCUT2D eigenvalue weighted by atomic mass is 16.5. The minimum absolute atomic E-state index is 0.161. The normalized spacial score (nSPS) is 16.6. The molecule has 24 heavy (non-hydrogen) atoms. The number of H-pyrrole nitrogens is 1. The summed E-state index contributed by atoms with van der Waals surface area (Å²) in [6.07, 6.45) is 2.56. The molecule has 1 aliphatic heterocycles. The van der Waals surface area contributed by atoms with E-state index >= 15 is 0 Å². The first-order chi connectivity index (χ1) is 11.4. The molecule has 0 atom stereocenters. The fourth-order valence-corrected chi connectivity index (χ4v) is 2.83. The van der Waals surface area contributed by atoms with E-state index in [1.54, 1.807) is 10.9 Å². The Hall–Kier alpha value is -1.93. The quantitative estimate of drug-likeness (QED) is 0.794. The zero-order valence-electron chi connectivity index (χ0n) is 14.6. The molecule has 2 aromatic rings. The van der Waals surface area contributed by atoms with Gasteiger partial charge in [-0.25, -0.2) is 4.68 Å². The number of nitrogens with zero attached hydrogens (tertiary/aromatic N) is 4. The van der Waals surface area contributed by atoms with E-state index in [0.717, 1.165) is 45.8 Å². The smallest absolute Gasteiger partial charge is 0.263 e. The summed E-state index contributed by atoms with van der Waals surface area (Å²) in [4.78, 5) is 21.9. The van der Waals surface area contributed by atoms with Crippen molar-refractivity contribution in [1.82, 2.24) is 24.6 Å². The average molecular weight is 334 g/mol. The van der Waals surface area contributed by atoms with Crippen LogP contribution < -0.4 is 10.9 Å². The molecule has 0 spiro atoms. The first-order valence-corrected chi connectivity index (χ1v) is 8.48. The summed E-state index contributed by atoms with van der Waals surface area (Å²) >= 11 is 0. The molecular weight excluding hydrogens is 308 g/mol. The van der Waals surface area contributed by atoms with Crippen LogP contribution in [0.3, 0.4) is 0 Å².